The Morgan fingerprint density at radius 3 is 2.33 bits per heavy atom. The number of hydrogen-bond donors (Lipinski definition) is 1. The molecular weight excluding hydrogens is 220 g/mol. The molecule has 2 fully saturated rings. The van der Waals surface area contributed by atoms with Crippen molar-refractivity contribution >= 4 is 0 Å². The fourth-order valence-corrected chi connectivity index (χ4v) is 4.01. The van der Waals surface area contributed by atoms with Crippen LogP contribution in [0.2, 0.25) is 0 Å². The lowest BCUT2D eigenvalue weighted by molar-refractivity contribution is 0.201. The summed E-state index contributed by atoms with van der Waals surface area (Å²) < 4.78 is 0. The molecule has 0 bridgehead atoms. The molecule has 2 rings (SSSR count). The van der Waals surface area contributed by atoms with Gasteiger partial charge < -0.3 is 10.2 Å². The highest BCUT2D eigenvalue weighted by Gasteiger charge is 2.26. The Kier molecular flexibility index (Phi) is 5.97. The van der Waals surface area contributed by atoms with Crippen molar-refractivity contribution in [1.82, 2.24) is 10.2 Å². The molecule has 106 valence electrons. The summed E-state index contributed by atoms with van der Waals surface area (Å²) in [6.45, 7) is 1.31. The van der Waals surface area contributed by atoms with Crippen LogP contribution in [0.5, 0.6) is 0 Å². The average molecular weight is 252 g/mol. The van der Waals surface area contributed by atoms with Crippen LogP contribution in [0.3, 0.4) is 0 Å². The predicted molar refractivity (Wildman–Crippen MR) is 78.9 cm³/mol. The van der Waals surface area contributed by atoms with Gasteiger partial charge in [-0.2, -0.15) is 0 Å². The molecule has 0 aromatic carbocycles. The third-order valence-corrected chi connectivity index (χ3v) is 5.33. The van der Waals surface area contributed by atoms with Crippen molar-refractivity contribution in [2.24, 2.45) is 5.92 Å². The standard InChI is InChI=1S/C16H32N2/c1-17-16-11-7-8-14(16)12-13-18(2)15-9-5-3-4-6-10-15/h14-17H,3-13H2,1-2H3. The van der Waals surface area contributed by atoms with Crippen LogP contribution < -0.4 is 5.32 Å². The van der Waals surface area contributed by atoms with Crippen molar-refractivity contribution < 1.29 is 0 Å². The largest absolute Gasteiger partial charge is 0.317 e. The Hall–Kier alpha value is -0.0800. The van der Waals surface area contributed by atoms with Gasteiger partial charge >= 0.3 is 0 Å². The van der Waals surface area contributed by atoms with E-state index in [-0.39, 0.29) is 0 Å². The summed E-state index contributed by atoms with van der Waals surface area (Å²) >= 11 is 0. The molecule has 0 aromatic heterocycles. The first kappa shape index (κ1) is 14.3. The minimum absolute atomic E-state index is 0.799. The van der Waals surface area contributed by atoms with Gasteiger partial charge in [-0.05, 0) is 58.7 Å². The fourth-order valence-electron chi connectivity index (χ4n) is 4.01. The number of rotatable bonds is 5. The molecule has 2 aliphatic rings. The van der Waals surface area contributed by atoms with E-state index in [0.717, 1.165) is 18.0 Å². The van der Waals surface area contributed by atoms with Gasteiger partial charge in [0, 0.05) is 12.1 Å². The molecule has 2 aliphatic carbocycles. The monoisotopic (exact) mass is 252 g/mol. The van der Waals surface area contributed by atoms with Gasteiger partial charge in [-0.15, -0.1) is 0 Å². The molecule has 0 saturated heterocycles. The quantitative estimate of drug-likeness (QED) is 0.754. The highest BCUT2D eigenvalue weighted by atomic mass is 15.1. The minimum atomic E-state index is 0.799. The lowest BCUT2D eigenvalue weighted by Gasteiger charge is -2.29. The Morgan fingerprint density at radius 1 is 0.944 bits per heavy atom. The summed E-state index contributed by atoms with van der Waals surface area (Å²) in [5, 5.41) is 3.51. The molecule has 0 amide bonds. The Labute approximate surface area is 114 Å². The van der Waals surface area contributed by atoms with Crippen LogP contribution in [0.25, 0.3) is 0 Å². The molecule has 0 aromatic rings. The maximum atomic E-state index is 3.51. The van der Waals surface area contributed by atoms with Gasteiger partial charge in [0.15, 0.2) is 0 Å². The molecule has 0 aliphatic heterocycles. The highest BCUT2D eigenvalue weighted by molar-refractivity contribution is 4.83. The minimum Gasteiger partial charge on any atom is -0.317 e. The molecule has 2 saturated carbocycles. The zero-order chi connectivity index (χ0) is 12.8. The van der Waals surface area contributed by atoms with Crippen molar-refractivity contribution in [2.75, 3.05) is 20.6 Å². The van der Waals surface area contributed by atoms with Crippen LogP contribution in [0.4, 0.5) is 0 Å². The highest BCUT2D eigenvalue weighted by Crippen LogP contribution is 2.29. The van der Waals surface area contributed by atoms with Crippen LogP contribution >= 0.6 is 0 Å². The molecule has 2 atom stereocenters. The second-order valence-corrected chi connectivity index (χ2v) is 6.50. The third-order valence-electron chi connectivity index (χ3n) is 5.33. The Balaban J connectivity index is 1.71. The number of nitrogens with one attached hydrogen (secondary N) is 1. The Bertz CT molecular complexity index is 221. The van der Waals surface area contributed by atoms with Gasteiger partial charge in [-0.1, -0.05) is 32.1 Å². The summed E-state index contributed by atoms with van der Waals surface area (Å²) in [5.74, 6) is 0.934. The van der Waals surface area contributed by atoms with Gasteiger partial charge in [0.1, 0.15) is 0 Å². The summed E-state index contributed by atoms with van der Waals surface area (Å²) in [4.78, 5) is 2.66. The van der Waals surface area contributed by atoms with E-state index in [9.17, 15) is 0 Å². The van der Waals surface area contributed by atoms with Crippen molar-refractivity contribution in [3.63, 3.8) is 0 Å². The van der Waals surface area contributed by atoms with E-state index in [4.69, 9.17) is 0 Å². The smallest absolute Gasteiger partial charge is 0.00928 e. The first-order valence-corrected chi connectivity index (χ1v) is 8.18. The predicted octanol–water partition coefficient (Wildman–Crippen LogP) is 3.42. The van der Waals surface area contributed by atoms with Gasteiger partial charge in [-0.25, -0.2) is 0 Å². The zero-order valence-electron chi connectivity index (χ0n) is 12.5. The second-order valence-electron chi connectivity index (χ2n) is 6.50. The van der Waals surface area contributed by atoms with E-state index < -0.39 is 0 Å². The second kappa shape index (κ2) is 7.49. The molecule has 1 N–H and O–H groups in total. The SMILES string of the molecule is CNC1CCCC1CCN(C)C1CCCCCC1. The molecule has 0 spiro atoms. The van der Waals surface area contributed by atoms with Crippen molar-refractivity contribution in [3.05, 3.63) is 0 Å². The summed E-state index contributed by atoms with van der Waals surface area (Å²) in [7, 11) is 4.50. The molecule has 2 unspecified atom stereocenters. The van der Waals surface area contributed by atoms with Crippen LogP contribution in [-0.4, -0.2) is 37.6 Å². The topological polar surface area (TPSA) is 15.3 Å². The first-order chi connectivity index (χ1) is 8.81. The molecule has 18 heavy (non-hydrogen) atoms. The lowest BCUT2D eigenvalue weighted by Crippen LogP contribution is -2.35. The zero-order valence-corrected chi connectivity index (χ0v) is 12.5. The van der Waals surface area contributed by atoms with Gasteiger partial charge in [0.25, 0.3) is 0 Å². The van der Waals surface area contributed by atoms with Crippen molar-refractivity contribution in [2.45, 2.75) is 76.3 Å². The third kappa shape index (κ3) is 3.96. The summed E-state index contributed by atoms with van der Waals surface area (Å²) in [6, 6.07) is 1.68. The van der Waals surface area contributed by atoms with E-state index in [1.807, 2.05) is 0 Å². The van der Waals surface area contributed by atoms with E-state index in [2.05, 4.69) is 24.3 Å². The van der Waals surface area contributed by atoms with Crippen LogP contribution in [0, 0.1) is 5.92 Å². The van der Waals surface area contributed by atoms with E-state index in [1.54, 1.807) is 0 Å². The van der Waals surface area contributed by atoms with E-state index >= 15 is 0 Å². The summed E-state index contributed by atoms with van der Waals surface area (Å²) in [5.41, 5.74) is 0. The Morgan fingerprint density at radius 2 is 1.67 bits per heavy atom. The average Bonchev–Trinajstić information content (AvgIpc) is 2.67. The molecule has 0 heterocycles. The first-order valence-electron chi connectivity index (χ1n) is 8.18. The molecule has 0 radical (unpaired) electrons. The fraction of sp³-hybridized carbons (Fsp3) is 1.00. The van der Waals surface area contributed by atoms with E-state index in [0.29, 0.717) is 0 Å². The normalized spacial score (nSPS) is 30.8. The van der Waals surface area contributed by atoms with Gasteiger partial charge in [0.05, 0.1) is 0 Å². The number of nitrogens with zero attached hydrogens (tertiary/aromatic N) is 1. The maximum Gasteiger partial charge on any atom is 0.00928 e. The van der Waals surface area contributed by atoms with Gasteiger partial charge in [0.2, 0.25) is 0 Å². The molecule has 2 heteroatoms. The van der Waals surface area contributed by atoms with Crippen molar-refractivity contribution in [3.8, 4) is 0 Å². The van der Waals surface area contributed by atoms with Crippen LogP contribution in [0.15, 0.2) is 0 Å². The summed E-state index contributed by atoms with van der Waals surface area (Å²) in [6.07, 6.45) is 14.4. The number of hydrogen-bond acceptors (Lipinski definition) is 2. The van der Waals surface area contributed by atoms with Crippen LogP contribution in [0.1, 0.15) is 64.2 Å². The van der Waals surface area contributed by atoms with Gasteiger partial charge in [-0.3, -0.25) is 0 Å². The molecular formula is C16H32N2. The maximum absolute atomic E-state index is 3.51. The van der Waals surface area contributed by atoms with Crippen molar-refractivity contribution in [1.29, 1.82) is 0 Å². The van der Waals surface area contributed by atoms with Crippen LogP contribution in [-0.2, 0) is 0 Å². The van der Waals surface area contributed by atoms with E-state index in [1.165, 1.54) is 70.8 Å². The molecule has 2 nitrogen and oxygen atoms in total. The lowest BCUT2D eigenvalue weighted by atomic mass is 9.98.